The predicted octanol–water partition coefficient (Wildman–Crippen LogP) is 3.26. The summed E-state index contributed by atoms with van der Waals surface area (Å²) >= 11 is 1.50. The lowest BCUT2D eigenvalue weighted by Crippen LogP contribution is -2.28. The van der Waals surface area contributed by atoms with Crippen molar-refractivity contribution in [1.82, 2.24) is 9.47 Å². The molecule has 0 radical (unpaired) electrons. The summed E-state index contributed by atoms with van der Waals surface area (Å²) in [5.41, 5.74) is 3.26. The molecule has 0 saturated heterocycles. The molecular formula is C16H22N2O2S. The maximum absolute atomic E-state index is 12.6. The number of thiophene rings is 1. The van der Waals surface area contributed by atoms with E-state index in [-0.39, 0.29) is 5.91 Å². The van der Waals surface area contributed by atoms with Crippen molar-refractivity contribution < 1.29 is 9.53 Å². The summed E-state index contributed by atoms with van der Waals surface area (Å²) in [7, 11) is 3.52. The summed E-state index contributed by atoms with van der Waals surface area (Å²) in [6.07, 6.45) is 0.848. The molecule has 0 saturated carbocycles. The molecule has 0 fully saturated rings. The van der Waals surface area contributed by atoms with E-state index < -0.39 is 0 Å². The molecule has 0 aliphatic rings. The Morgan fingerprint density at radius 2 is 1.95 bits per heavy atom. The van der Waals surface area contributed by atoms with E-state index in [4.69, 9.17) is 4.74 Å². The number of methoxy groups -OCH3 is 1. The largest absolute Gasteiger partial charge is 0.385 e. The molecule has 114 valence electrons. The second-order valence-corrected chi connectivity index (χ2v) is 6.08. The second-order valence-electron chi connectivity index (χ2n) is 5.16. The third-order valence-corrected chi connectivity index (χ3v) is 4.43. The maximum atomic E-state index is 12.6. The Morgan fingerprint density at radius 3 is 2.57 bits per heavy atom. The first kappa shape index (κ1) is 15.8. The molecule has 0 spiro atoms. The van der Waals surface area contributed by atoms with Crippen LogP contribution in [0.4, 0.5) is 0 Å². The zero-order valence-corrected chi connectivity index (χ0v) is 13.9. The van der Waals surface area contributed by atoms with Gasteiger partial charge in [0, 0.05) is 38.7 Å². The molecule has 4 nitrogen and oxygen atoms in total. The summed E-state index contributed by atoms with van der Waals surface area (Å²) in [6, 6.07) is 6.16. The van der Waals surface area contributed by atoms with E-state index in [0.717, 1.165) is 28.4 Å². The molecular weight excluding hydrogens is 284 g/mol. The lowest BCUT2D eigenvalue weighted by atomic mass is 10.3. The van der Waals surface area contributed by atoms with Gasteiger partial charge in [0.2, 0.25) is 0 Å². The molecule has 0 atom stereocenters. The molecule has 0 unspecified atom stereocenters. The molecule has 2 rings (SSSR count). The number of hydrogen-bond donors (Lipinski definition) is 0. The number of aromatic nitrogens is 1. The van der Waals surface area contributed by atoms with E-state index in [9.17, 15) is 4.79 Å². The Bertz CT molecular complexity index is 596. The Kier molecular flexibility index (Phi) is 5.20. The average Bonchev–Trinajstić information content (AvgIpc) is 3.05. The smallest absolute Gasteiger partial charge is 0.265 e. The van der Waals surface area contributed by atoms with Gasteiger partial charge in [0.1, 0.15) is 4.88 Å². The molecule has 0 N–H and O–H groups in total. The standard InChI is InChI=1S/C16H22N2O2S/c1-12-6-7-13(2)18(12)14-8-11-21-15(14)16(19)17(3)9-5-10-20-4/h6-8,11H,5,9-10H2,1-4H3. The third-order valence-electron chi connectivity index (χ3n) is 3.54. The summed E-state index contributed by atoms with van der Waals surface area (Å²) in [4.78, 5) is 15.2. The predicted molar refractivity (Wildman–Crippen MR) is 86.6 cm³/mol. The van der Waals surface area contributed by atoms with Crippen LogP contribution >= 0.6 is 11.3 Å². The van der Waals surface area contributed by atoms with E-state index in [2.05, 4.69) is 30.5 Å². The SMILES string of the molecule is COCCCN(C)C(=O)c1sccc1-n1c(C)ccc1C. The summed E-state index contributed by atoms with van der Waals surface area (Å²) in [5.74, 6) is 0.0728. The highest BCUT2D eigenvalue weighted by molar-refractivity contribution is 7.12. The molecule has 5 heteroatoms. The van der Waals surface area contributed by atoms with E-state index >= 15 is 0 Å². The highest BCUT2D eigenvalue weighted by Crippen LogP contribution is 2.26. The van der Waals surface area contributed by atoms with Crippen LogP contribution in [0, 0.1) is 13.8 Å². The summed E-state index contributed by atoms with van der Waals surface area (Å²) in [5, 5.41) is 1.98. The zero-order chi connectivity index (χ0) is 15.4. The molecule has 21 heavy (non-hydrogen) atoms. The van der Waals surface area contributed by atoms with Crippen LogP contribution < -0.4 is 0 Å². The van der Waals surface area contributed by atoms with Gasteiger partial charge >= 0.3 is 0 Å². The minimum absolute atomic E-state index is 0.0728. The minimum atomic E-state index is 0.0728. The van der Waals surface area contributed by atoms with Crippen LogP contribution in [0.25, 0.3) is 5.69 Å². The number of ether oxygens (including phenoxy) is 1. The van der Waals surface area contributed by atoms with Crippen molar-refractivity contribution in [2.45, 2.75) is 20.3 Å². The van der Waals surface area contributed by atoms with E-state index in [1.54, 1.807) is 12.0 Å². The zero-order valence-electron chi connectivity index (χ0n) is 13.0. The molecule has 0 aliphatic carbocycles. The normalized spacial score (nSPS) is 10.9. The van der Waals surface area contributed by atoms with Crippen molar-refractivity contribution in [2.75, 3.05) is 27.3 Å². The van der Waals surface area contributed by atoms with Gasteiger partial charge in [-0.1, -0.05) is 0 Å². The average molecular weight is 306 g/mol. The monoisotopic (exact) mass is 306 g/mol. The van der Waals surface area contributed by atoms with Crippen molar-refractivity contribution in [2.24, 2.45) is 0 Å². The Morgan fingerprint density at radius 1 is 1.29 bits per heavy atom. The van der Waals surface area contributed by atoms with Crippen molar-refractivity contribution in [3.05, 3.63) is 39.8 Å². The molecule has 0 aromatic carbocycles. The van der Waals surface area contributed by atoms with Crippen molar-refractivity contribution in [3.8, 4) is 5.69 Å². The van der Waals surface area contributed by atoms with Crippen molar-refractivity contribution in [3.63, 3.8) is 0 Å². The van der Waals surface area contributed by atoms with Crippen LogP contribution in [0.15, 0.2) is 23.6 Å². The Hall–Kier alpha value is -1.59. The van der Waals surface area contributed by atoms with Gasteiger partial charge in [-0.3, -0.25) is 4.79 Å². The number of rotatable bonds is 6. The number of aryl methyl sites for hydroxylation is 2. The number of hydrogen-bond acceptors (Lipinski definition) is 3. The molecule has 0 bridgehead atoms. The van der Waals surface area contributed by atoms with Gasteiger partial charge in [-0.2, -0.15) is 0 Å². The quantitative estimate of drug-likeness (QED) is 0.768. The number of carbonyl (C=O) groups excluding carboxylic acids is 1. The fourth-order valence-corrected chi connectivity index (χ4v) is 3.28. The number of carbonyl (C=O) groups is 1. The van der Waals surface area contributed by atoms with Gasteiger partial charge < -0.3 is 14.2 Å². The topological polar surface area (TPSA) is 34.5 Å². The second kappa shape index (κ2) is 6.91. The van der Waals surface area contributed by atoms with Crippen LogP contribution in [0.1, 0.15) is 27.5 Å². The van der Waals surface area contributed by atoms with Gasteiger partial charge in [-0.05, 0) is 43.8 Å². The first-order chi connectivity index (χ1) is 10.1. The number of nitrogens with zero attached hydrogens (tertiary/aromatic N) is 2. The molecule has 2 heterocycles. The lowest BCUT2D eigenvalue weighted by molar-refractivity contribution is 0.0784. The van der Waals surface area contributed by atoms with E-state index in [0.29, 0.717) is 13.2 Å². The van der Waals surface area contributed by atoms with Gasteiger partial charge in [-0.15, -0.1) is 11.3 Å². The van der Waals surface area contributed by atoms with Crippen molar-refractivity contribution in [1.29, 1.82) is 0 Å². The highest BCUT2D eigenvalue weighted by Gasteiger charge is 2.19. The number of amides is 1. The van der Waals surface area contributed by atoms with E-state index in [1.807, 2.05) is 18.5 Å². The third kappa shape index (κ3) is 3.36. The van der Waals surface area contributed by atoms with Gasteiger partial charge in [0.25, 0.3) is 5.91 Å². The van der Waals surface area contributed by atoms with E-state index in [1.165, 1.54) is 11.3 Å². The molecule has 1 amide bonds. The Labute approximate surface area is 130 Å². The van der Waals surface area contributed by atoms with Crippen LogP contribution in [0.2, 0.25) is 0 Å². The first-order valence-corrected chi connectivity index (χ1v) is 7.91. The molecule has 2 aromatic rings. The van der Waals surface area contributed by atoms with Gasteiger partial charge in [0.05, 0.1) is 5.69 Å². The minimum Gasteiger partial charge on any atom is -0.385 e. The summed E-state index contributed by atoms with van der Waals surface area (Å²) in [6.45, 7) is 5.49. The fraction of sp³-hybridized carbons (Fsp3) is 0.438. The maximum Gasteiger partial charge on any atom is 0.265 e. The molecule has 2 aromatic heterocycles. The van der Waals surface area contributed by atoms with Crippen LogP contribution in [-0.2, 0) is 4.74 Å². The lowest BCUT2D eigenvalue weighted by Gasteiger charge is -2.18. The van der Waals surface area contributed by atoms with Crippen molar-refractivity contribution >= 4 is 17.2 Å². The fourth-order valence-electron chi connectivity index (χ4n) is 2.41. The first-order valence-electron chi connectivity index (χ1n) is 7.03. The van der Waals surface area contributed by atoms with Crippen LogP contribution in [0.3, 0.4) is 0 Å². The van der Waals surface area contributed by atoms with Gasteiger partial charge in [0.15, 0.2) is 0 Å². The van der Waals surface area contributed by atoms with Crippen LogP contribution in [0.5, 0.6) is 0 Å². The molecule has 0 aliphatic heterocycles. The highest BCUT2D eigenvalue weighted by atomic mass is 32.1. The summed E-state index contributed by atoms with van der Waals surface area (Å²) < 4.78 is 7.17. The van der Waals surface area contributed by atoms with Crippen LogP contribution in [-0.4, -0.2) is 42.7 Å². The Balaban J connectivity index is 2.22. The van der Waals surface area contributed by atoms with Gasteiger partial charge in [-0.25, -0.2) is 0 Å².